The lowest BCUT2D eigenvalue weighted by Gasteiger charge is -2.29. The number of nitrogens with one attached hydrogen (secondary N) is 2. The van der Waals surface area contributed by atoms with Crippen LogP contribution in [0.5, 0.6) is 0 Å². The van der Waals surface area contributed by atoms with Gasteiger partial charge in [-0.3, -0.25) is 4.99 Å². The maximum absolute atomic E-state index is 5.43. The van der Waals surface area contributed by atoms with Crippen LogP contribution >= 0.6 is 24.0 Å². The quantitative estimate of drug-likeness (QED) is 0.354. The number of hydrogen-bond acceptors (Lipinski definition) is 3. The second-order valence-electron chi connectivity index (χ2n) is 7.80. The summed E-state index contributed by atoms with van der Waals surface area (Å²) in [7, 11) is 1.81. The van der Waals surface area contributed by atoms with Gasteiger partial charge >= 0.3 is 0 Å². The number of hydrogen-bond donors (Lipinski definition) is 2. The Labute approximate surface area is 192 Å². The minimum Gasteiger partial charge on any atom is -0.378 e. The Hall–Kier alpha value is -1.80. The highest BCUT2D eigenvalue weighted by Crippen LogP contribution is 2.21. The number of rotatable bonds is 6. The maximum atomic E-state index is 5.43. The predicted molar refractivity (Wildman–Crippen MR) is 133 cm³/mol. The molecule has 0 bridgehead atoms. The van der Waals surface area contributed by atoms with Crippen molar-refractivity contribution in [3.8, 4) is 0 Å². The lowest BCUT2D eigenvalue weighted by Crippen LogP contribution is -2.43. The topological polar surface area (TPSA) is 48.9 Å². The summed E-state index contributed by atoms with van der Waals surface area (Å²) >= 11 is 0. The van der Waals surface area contributed by atoms with E-state index in [-0.39, 0.29) is 29.4 Å². The molecule has 2 aromatic rings. The first-order valence-corrected chi connectivity index (χ1v) is 10.0. The lowest BCUT2D eigenvalue weighted by atomic mass is 9.85. The summed E-state index contributed by atoms with van der Waals surface area (Å²) in [6.45, 7) is 9.59. The number of benzene rings is 2. The lowest BCUT2D eigenvalue weighted by molar-refractivity contribution is 0.122. The van der Waals surface area contributed by atoms with Gasteiger partial charge in [0.05, 0.1) is 13.2 Å². The van der Waals surface area contributed by atoms with Crippen LogP contribution in [0.1, 0.15) is 25.0 Å². The molecule has 0 aliphatic carbocycles. The van der Waals surface area contributed by atoms with Crippen molar-refractivity contribution in [1.82, 2.24) is 10.6 Å². The van der Waals surface area contributed by atoms with Crippen LogP contribution in [0.2, 0.25) is 0 Å². The fourth-order valence-electron chi connectivity index (χ4n) is 3.35. The molecule has 1 saturated heterocycles. The van der Waals surface area contributed by atoms with Crippen molar-refractivity contribution in [2.24, 2.45) is 4.99 Å². The van der Waals surface area contributed by atoms with E-state index >= 15 is 0 Å². The Balaban J connectivity index is 0.00000300. The first kappa shape index (κ1) is 23.5. The molecule has 1 aliphatic rings. The van der Waals surface area contributed by atoms with Crippen LogP contribution < -0.4 is 15.5 Å². The minimum absolute atomic E-state index is 0. The number of aliphatic imine (C=N–C) groups is 1. The molecule has 0 aromatic heterocycles. The molecule has 1 aliphatic heterocycles. The van der Waals surface area contributed by atoms with Crippen LogP contribution in [-0.2, 0) is 16.7 Å². The van der Waals surface area contributed by atoms with E-state index in [4.69, 9.17) is 4.74 Å². The molecule has 1 heterocycles. The Morgan fingerprint density at radius 2 is 1.66 bits per heavy atom. The van der Waals surface area contributed by atoms with Gasteiger partial charge in [0, 0.05) is 44.3 Å². The summed E-state index contributed by atoms with van der Waals surface area (Å²) in [6, 6.07) is 19.3. The molecule has 3 rings (SSSR count). The molecule has 0 amide bonds. The van der Waals surface area contributed by atoms with E-state index in [9.17, 15) is 0 Å². The second-order valence-corrected chi connectivity index (χ2v) is 7.80. The molecule has 29 heavy (non-hydrogen) atoms. The van der Waals surface area contributed by atoms with Gasteiger partial charge in [-0.2, -0.15) is 0 Å². The van der Waals surface area contributed by atoms with Crippen molar-refractivity contribution in [2.45, 2.75) is 25.8 Å². The summed E-state index contributed by atoms with van der Waals surface area (Å²) in [4.78, 5) is 6.73. The van der Waals surface area contributed by atoms with E-state index in [0.29, 0.717) is 0 Å². The SMILES string of the molecule is CN=C(NCc1ccc(N2CCOCC2)cc1)NCC(C)(C)c1ccccc1.I. The number of guanidine groups is 1. The van der Waals surface area contributed by atoms with Gasteiger partial charge in [-0.1, -0.05) is 56.3 Å². The largest absolute Gasteiger partial charge is 0.378 e. The molecule has 0 unspecified atom stereocenters. The number of morpholine rings is 1. The molecular formula is C23H33IN4O. The number of anilines is 1. The van der Waals surface area contributed by atoms with E-state index in [2.05, 4.69) is 89.0 Å². The van der Waals surface area contributed by atoms with Gasteiger partial charge in [0.15, 0.2) is 5.96 Å². The molecule has 0 saturated carbocycles. The zero-order valence-corrected chi connectivity index (χ0v) is 20.0. The standard InChI is InChI=1S/C23H32N4O.HI/c1-23(2,20-7-5-4-6-8-20)18-26-22(24-3)25-17-19-9-11-21(12-10-19)27-13-15-28-16-14-27;/h4-12H,13-18H2,1-3H3,(H2,24,25,26);1H. The predicted octanol–water partition coefficient (Wildman–Crippen LogP) is 3.78. The Morgan fingerprint density at radius 3 is 2.28 bits per heavy atom. The molecule has 2 N–H and O–H groups in total. The van der Waals surface area contributed by atoms with E-state index in [1.165, 1.54) is 16.8 Å². The highest BCUT2D eigenvalue weighted by Gasteiger charge is 2.20. The van der Waals surface area contributed by atoms with Gasteiger partial charge in [-0.05, 0) is 23.3 Å². The zero-order valence-electron chi connectivity index (χ0n) is 17.6. The Morgan fingerprint density at radius 1 is 1.00 bits per heavy atom. The third kappa shape index (κ3) is 6.89. The molecular weight excluding hydrogens is 475 g/mol. The van der Waals surface area contributed by atoms with Gasteiger partial charge in [0.25, 0.3) is 0 Å². The third-order valence-electron chi connectivity index (χ3n) is 5.25. The van der Waals surface area contributed by atoms with Crippen LogP contribution in [-0.4, -0.2) is 45.9 Å². The molecule has 158 valence electrons. The first-order chi connectivity index (χ1) is 13.6. The first-order valence-electron chi connectivity index (χ1n) is 10.0. The maximum Gasteiger partial charge on any atom is 0.191 e. The second kappa shape index (κ2) is 11.4. The number of nitrogens with zero attached hydrogens (tertiary/aromatic N) is 2. The summed E-state index contributed by atoms with van der Waals surface area (Å²) in [5.74, 6) is 0.821. The molecule has 5 nitrogen and oxygen atoms in total. The van der Waals surface area contributed by atoms with E-state index in [1.54, 1.807) is 0 Å². The number of ether oxygens (including phenoxy) is 1. The fraction of sp³-hybridized carbons (Fsp3) is 0.435. The smallest absolute Gasteiger partial charge is 0.191 e. The molecule has 1 fully saturated rings. The van der Waals surface area contributed by atoms with E-state index in [0.717, 1.165) is 45.4 Å². The van der Waals surface area contributed by atoms with Crippen LogP contribution in [0, 0.1) is 0 Å². The van der Waals surface area contributed by atoms with Crippen molar-refractivity contribution >= 4 is 35.6 Å². The van der Waals surface area contributed by atoms with Crippen LogP contribution in [0.15, 0.2) is 59.6 Å². The summed E-state index contributed by atoms with van der Waals surface area (Å²) in [5, 5.41) is 6.87. The highest BCUT2D eigenvalue weighted by molar-refractivity contribution is 14.0. The van der Waals surface area contributed by atoms with E-state index in [1.807, 2.05) is 7.05 Å². The van der Waals surface area contributed by atoms with Crippen molar-refractivity contribution in [3.05, 3.63) is 65.7 Å². The molecule has 0 atom stereocenters. The molecule has 0 radical (unpaired) electrons. The van der Waals surface area contributed by atoms with E-state index < -0.39 is 0 Å². The van der Waals surface area contributed by atoms with Gasteiger partial charge < -0.3 is 20.3 Å². The summed E-state index contributed by atoms with van der Waals surface area (Å²) in [5.41, 5.74) is 3.84. The molecule has 2 aromatic carbocycles. The average Bonchev–Trinajstić information content (AvgIpc) is 2.75. The van der Waals surface area contributed by atoms with Crippen molar-refractivity contribution < 1.29 is 4.74 Å². The highest BCUT2D eigenvalue weighted by atomic mass is 127. The number of halogens is 1. The van der Waals surface area contributed by atoms with Crippen LogP contribution in [0.3, 0.4) is 0 Å². The van der Waals surface area contributed by atoms with Crippen molar-refractivity contribution in [1.29, 1.82) is 0 Å². The van der Waals surface area contributed by atoms with Crippen molar-refractivity contribution in [2.75, 3.05) is 44.8 Å². The van der Waals surface area contributed by atoms with Gasteiger partial charge in [-0.25, -0.2) is 0 Å². The Bertz CT molecular complexity index is 756. The Kier molecular flexibility index (Phi) is 9.23. The van der Waals surface area contributed by atoms with Crippen LogP contribution in [0.4, 0.5) is 5.69 Å². The van der Waals surface area contributed by atoms with Crippen LogP contribution in [0.25, 0.3) is 0 Å². The minimum atomic E-state index is 0. The summed E-state index contributed by atoms with van der Waals surface area (Å²) in [6.07, 6.45) is 0. The van der Waals surface area contributed by atoms with Gasteiger partial charge in [0.2, 0.25) is 0 Å². The van der Waals surface area contributed by atoms with Gasteiger partial charge in [-0.15, -0.1) is 24.0 Å². The van der Waals surface area contributed by atoms with Crippen molar-refractivity contribution in [3.63, 3.8) is 0 Å². The van der Waals surface area contributed by atoms with Gasteiger partial charge in [0.1, 0.15) is 0 Å². The fourth-order valence-corrected chi connectivity index (χ4v) is 3.35. The normalized spacial score (nSPS) is 14.9. The molecule has 6 heteroatoms. The third-order valence-corrected chi connectivity index (χ3v) is 5.25. The molecule has 0 spiro atoms. The average molecular weight is 508 g/mol. The monoisotopic (exact) mass is 508 g/mol. The summed E-state index contributed by atoms with van der Waals surface area (Å²) < 4.78 is 5.43. The zero-order chi connectivity index (χ0) is 19.8.